The highest BCUT2D eigenvalue weighted by Crippen LogP contribution is 2.10. The zero-order valence-corrected chi connectivity index (χ0v) is 10.2. The molecule has 0 aliphatic heterocycles. The Morgan fingerprint density at radius 3 is 2.65 bits per heavy atom. The van der Waals surface area contributed by atoms with Gasteiger partial charge in [-0.05, 0) is 18.9 Å². The second-order valence-electron chi connectivity index (χ2n) is 4.14. The van der Waals surface area contributed by atoms with E-state index in [2.05, 4.69) is 10.3 Å². The number of nitrogens with zero attached hydrogens (tertiary/aromatic N) is 1. The molecule has 1 amide bonds. The Bertz CT molecular complexity index is 391. The van der Waals surface area contributed by atoms with Crippen molar-refractivity contribution >= 4 is 5.91 Å². The Kier molecular flexibility index (Phi) is 4.57. The third-order valence-electron chi connectivity index (χ3n) is 2.98. The molecule has 0 saturated carbocycles. The van der Waals surface area contributed by atoms with Gasteiger partial charge in [0.1, 0.15) is 5.82 Å². The van der Waals surface area contributed by atoms with Crippen molar-refractivity contribution in [2.75, 3.05) is 6.54 Å². The number of hydrogen-bond donors (Lipinski definition) is 2. The molecule has 0 saturated heterocycles. The zero-order chi connectivity index (χ0) is 12.9. The summed E-state index contributed by atoms with van der Waals surface area (Å²) in [7, 11) is 0. The number of carbonyl (C=O) groups excluding carboxylic acids is 1. The molecule has 0 fully saturated rings. The van der Waals surface area contributed by atoms with Crippen LogP contribution in [0.25, 0.3) is 0 Å². The number of rotatable bonds is 5. The SMILES string of the molecule is CCC(N)(CC)CNC(=O)c1cncc(F)c1. The van der Waals surface area contributed by atoms with Gasteiger partial charge in [-0.1, -0.05) is 13.8 Å². The molecule has 0 aromatic carbocycles. The molecule has 17 heavy (non-hydrogen) atoms. The van der Waals surface area contributed by atoms with E-state index in [-0.39, 0.29) is 11.5 Å². The molecule has 94 valence electrons. The molecule has 0 aliphatic rings. The molecule has 1 rings (SSSR count). The number of aromatic nitrogens is 1. The van der Waals surface area contributed by atoms with E-state index in [0.29, 0.717) is 6.54 Å². The molecule has 0 aliphatic carbocycles. The molecule has 0 bridgehead atoms. The van der Waals surface area contributed by atoms with Gasteiger partial charge in [-0.15, -0.1) is 0 Å². The minimum Gasteiger partial charge on any atom is -0.350 e. The van der Waals surface area contributed by atoms with Gasteiger partial charge in [0.25, 0.3) is 5.91 Å². The average Bonchev–Trinajstić information content (AvgIpc) is 2.35. The molecule has 1 aromatic rings. The van der Waals surface area contributed by atoms with Crippen molar-refractivity contribution in [1.82, 2.24) is 10.3 Å². The van der Waals surface area contributed by atoms with Gasteiger partial charge in [-0.3, -0.25) is 9.78 Å². The minimum atomic E-state index is -0.525. The van der Waals surface area contributed by atoms with Crippen molar-refractivity contribution in [3.05, 3.63) is 29.8 Å². The maximum absolute atomic E-state index is 12.9. The second kappa shape index (κ2) is 5.72. The number of pyridine rings is 1. The van der Waals surface area contributed by atoms with Crippen molar-refractivity contribution in [1.29, 1.82) is 0 Å². The van der Waals surface area contributed by atoms with E-state index < -0.39 is 11.4 Å². The minimum absolute atomic E-state index is 0.208. The Balaban J connectivity index is 2.62. The summed E-state index contributed by atoms with van der Waals surface area (Å²) in [5, 5.41) is 2.70. The molecule has 3 N–H and O–H groups in total. The summed E-state index contributed by atoms with van der Waals surface area (Å²) < 4.78 is 12.9. The quantitative estimate of drug-likeness (QED) is 0.817. The van der Waals surface area contributed by atoms with Gasteiger partial charge < -0.3 is 11.1 Å². The number of amides is 1. The molecule has 0 unspecified atom stereocenters. The summed E-state index contributed by atoms with van der Waals surface area (Å²) in [5.41, 5.74) is 5.85. The number of nitrogens with two attached hydrogens (primary N) is 1. The molecule has 0 atom stereocenters. The zero-order valence-electron chi connectivity index (χ0n) is 10.2. The lowest BCUT2D eigenvalue weighted by molar-refractivity contribution is 0.0941. The maximum atomic E-state index is 12.9. The number of nitrogens with one attached hydrogen (secondary N) is 1. The van der Waals surface area contributed by atoms with Gasteiger partial charge in [0, 0.05) is 18.3 Å². The predicted molar refractivity (Wildman–Crippen MR) is 64.0 cm³/mol. The third kappa shape index (κ3) is 3.78. The van der Waals surface area contributed by atoms with E-state index in [1.54, 1.807) is 0 Å². The lowest BCUT2D eigenvalue weighted by atomic mass is 9.94. The molecule has 0 spiro atoms. The summed E-state index contributed by atoms with van der Waals surface area (Å²) in [5.74, 6) is -0.878. The Morgan fingerprint density at radius 1 is 1.47 bits per heavy atom. The Morgan fingerprint density at radius 2 is 2.12 bits per heavy atom. The van der Waals surface area contributed by atoms with E-state index in [0.717, 1.165) is 25.1 Å². The third-order valence-corrected chi connectivity index (χ3v) is 2.98. The van der Waals surface area contributed by atoms with E-state index in [4.69, 9.17) is 5.73 Å². The van der Waals surface area contributed by atoms with Crippen LogP contribution in [0.5, 0.6) is 0 Å². The van der Waals surface area contributed by atoms with E-state index in [1.807, 2.05) is 13.8 Å². The number of halogens is 1. The monoisotopic (exact) mass is 239 g/mol. The second-order valence-corrected chi connectivity index (χ2v) is 4.14. The first-order valence-electron chi connectivity index (χ1n) is 5.68. The van der Waals surface area contributed by atoms with E-state index >= 15 is 0 Å². The lowest BCUT2D eigenvalue weighted by Gasteiger charge is -2.26. The first-order chi connectivity index (χ1) is 8.00. The molecular weight excluding hydrogens is 221 g/mol. The van der Waals surface area contributed by atoms with Crippen LogP contribution in [-0.2, 0) is 0 Å². The molecule has 1 heterocycles. The first-order valence-corrected chi connectivity index (χ1v) is 5.68. The highest BCUT2D eigenvalue weighted by Gasteiger charge is 2.21. The highest BCUT2D eigenvalue weighted by molar-refractivity contribution is 5.93. The smallest absolute Gasteiger partial charge is 0.253 e. The largest absolute Gasteiger partial charge is 0.350 e. The maximum Gasteiger partial charge on any atom is 0.253 e. The summed E-state index contributed by atoms with van der Waals surface area (Å²) in [4.78, 5) is 15.3. The average molecular weight is 239 g/mol. The standard InChI is InChI=1S/C12H18FN3O/c1-3-12(14,4-2)8-16-11(17)9-5-10(13)7-15-6-9/h5-7H,3-4,8,14H2,1-2H3,(H,16,17). The van der Waals surface area contributed by atoms with Crippen LogP contribution in [0.3, 0.4) is 0 Å². The molecular formula is C12H18FN3O. The summed E-state index contributed by atoms with van der Waals surface area (Å²) >= 11 is 0. The predicted octanol–water partition coefficient (Wildman–Crippen LogP) is 1.47. The van der Waals surface area contributed by atoms with Crippen LogP contribution in [0.1, 0.15) is 37.0 Å². The highest BCUT2D eigenvalue weighted by atomic mass is 19.1. The van der Waals surface area contributed by atoms with Crippen molar-refractivity contribution in [2.24, 2.45) is 5.73 Å². The molecule has 1 aromatic heterocycles. The van der Waals surface area contributed by atoms with Crippen LogP contribution < -0.4 is 11.1 Å². The van der Waals surface area contributed by atoms with Crippen LogP contribution >= 0.6 is 0 Å². The van der Waals surface area contributed by atoms with Gasteiger partial charge in [0.05, 0.1) is 11.8 Å². The van der Waals surface area contributed by atoms with Crippen LogP contribution in [0.15, 0.2) is 18.5 Å². The van der Waals surface area contributed by atoms with Gasteiger partial charge in [0.2, 0.25) is 0 Å². The van der Waals surface area contributed by atoms with Crippen molar-refractivity contribution in [3.8, 4) is 0 Å². The summed E-state index contributed by atoms with van der Waals surface area (Å²) in [6.07, 6.45) is 3.92. The fourth-order valence-electron chi connectivity index (χ4n) is 1.39. The van der Waals surface area contributed by atoms with Crippen molar-refractivity contribution in [3.63, 3.8) is 0 Å². The number of carbonyl (C=O) groups is 1. The fourth-order valence-corrected chi connectivity index (χ4v) is 1.39. The first kappa shape index (κ1) is 13.6. The normalized spacial score (nSPS) is 11.3. The fraction of sp³-hybridized carbons (Fsp3) is 0.500. The molecule has 0 radical (unpaired) electrons. The molecule has 4 nitrogen and oxygen atoms in total. The van der Waals surface area contributed by atoms with Crippen molar-refractivity contribution < 1.29 is 9.18 Å². The Labute approximate surface area is 100 Å². The van der Waals surface area contributed by atoms with E-state index in [9.17, 15) is 9.18 Å². The van der Waals surface area contributed by atoms with Crippen LogP contribution in [0.4, 0.5) is 4.39 Å². The van der Waals surface area contributed by atoms with Gasteiger partial charge >= 0.3 is 0 Å². The van der Waals surface area contributed by atoms with Gasteiger partial charge in [-0.2, -0.15) is 0 Å². The van der Waals surface area contributed by atoms with Crippen molar-refractivity contribution in [2.45, 2.75) is 32.2 Å². The number of hydrogen-bond acceptors (Lipinski definition) is 3. The van der Waals surface area contributed by atoms with Gasteiger partial charge in [0.15, 0.2) is 0 Å². The molecule has 5 heteroatoms. The summed E-state index contributed by atoms with van der Waals surface area (Å²) in [6.45, 7) is 4.31. The van der Waals surface area contributed by atoms with E-state index in [1.165, 1.54) is 6.20 Å². The van der Waals surface area contributed by atoms with Crippen LogP contribution in [0, 0.1) is 5.82 Å². The van der Waals surface area contributed by atoms with Crippen LogP contribution in [0.2, 0.25) is 0 Å². The Hall–Kier alpha value is -1.49. The summed E-state index contributed by atoms with van der Waals surface area (Å²) in [6, 6.07) is 1.15. The lowest BCUT2D eigenvalue weighted by Crippen LogP contribution is -2.49. The van der Waals surface area contributed by atoms with Gasteiger partial charge in [-0.25, -0.2) is 4.39 Å². The van der Waals surface area contributed by atoms with Crippen LogP contribution in [-0.4, -0.2) is 23.0 Å². The topological polar surface area (TPSA) is 68.0 Å².